The van der Waals surface area contributed by atoms with E-state index in [1.165, 1.54) is 0 Å². The molecule has 3 rings (SSSR count). The molecule has 0 bridgehead atoms. The van der Waals surface area contributed by atoms with Gasteiger partial charge in [0.25, 0.3) is 0 Å². The molecular weight excluding hydrogens is 2080 g/mol. The topological polar surface area (TPSA) is 43.1 Å². The van der Waals surface area contributed by atoms with Crippen LogP contribution in [0.25, 0.3) is 22.5 Å². The number of hydrogen-bond acceptors (Lipinski definition) is 3. The van der Waals surface area contributed by atoms with Crippen LogP contribution >= 0.6 is 0 Å². The summed E-state index contributed by atoms with van der Waals surface area (Å²) in [5.41, 5.74) is 2.66. The molecule has 0 N–H and O–H groups in total. The first kappa shape index (κ1) is 54.2. The van der Waals surface area contributed by atoms with Gasteiger partial charge in [-0.2, -0.15) is 0 Å². The zero-order chi connectivity index (χ0) is 13.1. The van der Waals surface area contributed by atoms with Gasteiger partial charge in [0.15, 0.2) is 0 Å². The molecule has 0 saturated carbocycles. The van der Waals surface area contributed by atoms with Gasteiger partial charge in [-0.1, -0.05) is 71.8 Å². The van der Waals surface area contributed by atoms with E-state index in [1.807, 2.05) is 66.9 Å². The second-order valence-electron chi connectivity index (χ2n) is 4.07. The second kappa shape index (κ2) is 30.2. The third-order valence-electron chi connectivity index (χ3n) is 2.89. The van der Waals surface area contributed by atoms with Crippen molar-refractivity contribution in [2.75, 3.05) is 0 Å². The van der Waals surface area contributed by atoms with Crippen molar-refractivity contribution >= 4 is 6.29 Å². The number of hydrogen-bond donors (Lipinski definition) is 0. The Bertz CT molecular complexity index is 714. The van der Waals surface area contributed by atoms with Crippen LogP contribution < -0.4 is 0 Å². The van der Waals surface area contributed by atoms with Crippen LogP contribution in [0.5, 0.6) is 0 Å². The van der Waals surface area contributed by atoms with E-state index in [0.717, 1.165) is 11.1 Å². The quantitative estimate of drug-likeness (QED) is 0.379. The number of benzene rings is 2. The van der Waals surface area contributed by atoms with E-state index < -0.39 is 0 Å². The summed E-state index contributed by atoms with van der Waals surface area (Å²) in [6.07, 6.45) is 1.83. The number of rotatable bonds is 3. The molecule has 29 heavy (non-hydrogen) atoms. The Morgan fingerprint density at radius 3 is 1.34 bits per heavy atom. The summed E-state index contributed by atoms with van der Waals surface area (Å²) >= 11 is 0. The molecule has 0 saturated heterocycles. The van der Waals surface area contributed by atoms with Crippen molar-refractivity contribution in [1.82, 2.24) is 5.16 Å². The van der Waals surface area contributed by atoms with Crippen molar-refractivity contribution in [2.45, 2.75) is 0 Å². The predicted molar refractivity (Wildman–Crippen MR) is 72.2 cm³/mol. The summed E-state index contributed by atoms with van der Waals surface area (Å²) in [4.78, 5) is 11.0. The Labute approximate surface area is 314 Å². The molecule has 0 atom stereocenters. The molecule has 1 heterocycles. The van der Waals surface area contributed by atoms with Gasteiger partial charge in [-0.15, -0.1) is 5.16 Å². The zero-order valence-corrected chi connectivity index (χ0v) is 43.5. The average Bonchev–Trinajstić information content (AvgIpc) is 2.93. The monoisotopic (exact) mass is 2090 g/mol. The van der Waals surface area contributed by atoms with Gasteiger partial charge in [-0.05, 0) is 5.69 Å². The second-order valence-corrected chi connectivity index (χ2v) is 4.07. The van der Waals surface area contributed by atoms with Crippen LogP contribution in [0.15, 0.2) is 65.2 Å². The number of carbonyl (C=O) groups excluding carboxylic acids is 1. The molecule has 0 spiro atoms. The van der Waals surface area contributed by atoms with Crippen LogP contribution in [-0.4, -0.2) is 11.4 Å². The molecule has 0 unspecified atom stereocenters. The van der Waals surface area contributed by atoms with Crippen molar-refractivity contribution in [3.8, 4) is 22.5 Å². The normalized spacial score (nSPS) is 6.76. The Morgan fingerprint density at radius 2 is 0.966 bits per heavy atom. The van der Waals surface area contributed by atoms with Crippen molar-refractivity contribution in [2.24, 2.45) is 0 Å². The largest absolute Gasteiger partial charge is 0.417 e. The molecule has 0 aliphatic heterocycles. The fourth-order valence-corrected chi connectivity index (χ4v) is 2.02. The van der Waals surface area contributed by atoms with Gasteiger partial charge in [0.1, 0.15) is 0 Å². The summed E-state index contributed by atoms with van der Waals surface area (Å²) < 4.78 is 5.31. The summed E-state index contributed by atoms with van der Waals surface area (Å²) in [6.45, 7) is 0. The van der Waals surface area contributed by atoms with Gasteiger partial charge in [0.2, 0.25) is 0 Å². The maximum atomic E-state index is 11.0. The fourth-order valence-electron chi connectivity index (χ4n) is 2.02. The minimum atomic E-state index is 0. The smallest absolute Gasteiger partial charge is 0.0949 e. The Kier molecular flexibility index (Phi) is 56.5. The molecule has 1 aromatic heterocycles. The summed E-state index contributed by atoms with van der Waals surface area (Å²) in [5.74, 6) is 0.588. The van der Waals surface area contributed by atoms with Crippen molar-refractivity contribution < 1.29 is 220 Å². The first-order valence-corrected chi connectivity index (χ1v) is 5.89. The summed E-state index contributed by atoms with van der Waals surface area (Å²) in [6, 6.07) is 19.2. The minimum absolute atomic E-state index is 0. The van der Waals surface area contributed by atoms with Crippen LogP contribution in [0.3, 0.4) is 0 Å². The Morgan fingerprint density at radius 1 is 0.586 bits per heavy atom. The number of aromatic nitrogens is 1. The minimum Gasteiger partial charge on any atom is -0.417 e. The van der Waals surface area contributed by atoms with Gasteiger partial charge in [0, 0.05) is 223 Å². The molecule has 13 heteroatoms. The third-order valence-corrected chi connectivity index (χ3v) is 2.89. The van der Waals surface area contributed by atoms with Crippen LogP contribution in [0.2, 0.25) is 0 Å². The van der Waals surface area contributed by atoms with Gasteiger partial charge in [-0.25, -0.2) is 0 Å². The summed E-state index contributed by atoms with van der Waals surface area (Å²) in [7, 11) is 0. The molecule has 0 aliphatic rings. The van der Waals surface area contributed by atoms with Crippen LogP contribution in [-0.2, 0) is 215 Å². The fraction of sp³-hybridized carbons (Fsp3) is 0. The van der Waals surface area contributed by atoms with Gasteiger partial charge in [-0.3, -0.25) is 0 Å². The molecular formula is C16H10NO2W10-. The average molecular weight is 2090 g/mol. The SMILES string of the molecule is O=[C-]c1noc(-c2ccccc2)c1-c1ccccc1.[W].[W].[W].[W].[W].[W].[W].[W].[W].[W]. The molecule has 152 valence electrons. The first-order valence-electron chi connectivity index (χ1n) is 5.89. The maximum Gasteiger partial charge on any atom is 0.0949 e. The van der Waals surface area contributed by atoms with E-state index in [0.29, 0.717) is 11.3 Å². The number of nitrogens with zero attached hydrogens (tertiary/aromatic N) is 1. The van der Waals surface area contributed by atoms with Crippen molar-refractivity contribution in [3.63, 3.8) is 0 Å². The zero-order valence-electron chi connectivity index (χ0n) is 14.1. The van der Waals surface area contributed by atoms with Crippen molar-refractivity contribution in [1.29, 1.82) is 0 Å². The molecule has 3 nitrogen and oxygen atoms in total. The van der Waals surface area contributed by atoms with Gasteiger partial charge < -0.3 is 9.32 Å². The van der Waals surface area contributed by atoms with Gasteiger partial charge >= 0.3 is 0 Å². The first-order chi connectivity index (χ1) is 9.40. The summed E-state index contributed by atoms with van der Waals surface area (Å²) in [5, 5.41) is 3.79. The van der Waals surface area contributed by atoms with Crippen LogP contribution in [0.1, 0.15) is 5.69 Å². The van der Waals surface area contributed by atoms with E-state index >= 15 is 0 Å². The Hall–Kier alpha value is 4.20. The molecule has 0 radical (unpaired) electrons. The maximum absolute atomic E-state index is 11.0. The van der Waals surface area contributed by atoms with E-state index in [1.54, 1.807) is 0 Å². The predicted octanol–water partition coefficient (Wildman–Crippen LogP) is 3.44. The van der Waals surface area contributed by atoms with E-state index in [-0.39, 0.29) is 216 Å². The third kappa shape index (κ3) is 15.7. The standard InChI is InChI=1S/C16H10NO2.10W/c18-11-14-15(12-7-3-1-4-8-12)16(19-17-14)13-9-5-2-6-10-13;;;;;;;;;;/h1-10H;;;;;;;;;;/q-1;;;;;;;;;;. The van der Waals surface area contributed by atoms with Crippen LogP contribution in [0, 0.1) is 0 Å². The molecule has 2 aromatic carbocycles. The van der Waals surface area contributed by atoms with E-state index in [9.17, 15) is 4.79 Å². The molecule has 3 aromatic rings. The Balaban J connectivity index is -0.0000000735. The van der Waals surface area contributed by atoms with Gasteiger partial charge in [0.05, 0.1) is 5.76 Å². The van der Waals surface area contributed by atoms with Crippen molar-refractivity contribution in [3.05, 3.63) is 66.4 Å². The van der Waals surface area contributed by atoms with E-state index in [2.05, 4.69) is 5.16 Å². The molecule has 0 fully saturated rings. The van der Waals surface area contributed by atoms with E-state index in [4.69, 9.17) is 4.52 Å². The van der Waals surface area contributed by atoms with Crippen LogP contribution in [0.4, 0.5) is 0 Å². The molecule has 0 amide bonds. The molecule has 0 aliphatic carbocycles.